The smallest absolute Gasteiger partial charge is 0.240 e. The first-order valence-corrected chi connectivity index (χ1v) is 5.81. The van der Waals surface area contributed by atoms with Crippen LogP contribution in [0.4, 0.5) is 0 Å². The summed E-state index contributed by atoms with van der Waals surface area (Å²) in [5, 5.41) is 4.70. The van der Waals surface area contributed by atoms with Crippen molar-refractivity contribution in [2.24, 2.45) is 0 Å². The molecule has 16 heavy (non-hydrogen) atoms. The van der Waals surface area contributed by atoms with Crippen LogP contribution in [-0.2, 0) is 6.42 Å². The lowest BCUT2D eigenvalue weighted by Gasteiger charge is -2.22. The number of rotatable bonds is 2. The largest absolute Gasteiger partial charge is 0.337 e. The van der Waals surface area contributed by atoms with Crippen molar-refractivity contribution >= 4 is 11.1 Å². The molecule has 3 rings (SSSR count). The lowest BCUT2D eigenvalue weighted by atomic mass is 9.82. The van der Waals surface area contributed by atoms with Gasteiger partial charge in [0.15, 0.2) is 5.43 Å². The molecule has 4 heteroatoms. The summed E-state index contributed by atoms with van der Waals surface area (Å²) in [5.74, 6) is 0.426. The number of nitrogens with one attached hydrogen (secondary N) is 1. The molecule has 1 saturated carbocycles. The van der Waals surface area contributed by atoms with E-state index in [0.29, 0.717) is 17.0 Å². The van der Waals surface area contributed by atoms with Gasteiger partial charge in [-0.25, -0.2) is 0 Å². The third-order valence-electron chi connectivity index (χ3n) is 3.42. The van der Waals surface area contributed by atoms with Gasteiger partial charge in [0.25, 0.3) is 0 Å². The summed E-state index contributed by atoms with van der Waals surface area (Å²) < 4.78 is 5.22. The normalized spacial score (nSPS) is 16.6. The van der Waals surface area contributed by atoms with Gasteiger partial charge in [-0.15, -0.1) is 0 Å². The average Bonchev–Trinajstić information content (AvgIpc) is 2.60. The van der Waals surface area contributed by atoms with Gasteiger partial charge in [0.1, 0.15) is 11.1 Å². The van der Waals surface area contributed by atoms with Gasteiger partial charge >= 0.3 is 0 Å². The van der Waals surface area contributed by atoms with Gasteiger partial charge in [0.2, 0.25) is 5.71 Å². The molecule has 84 valence electrons. The molecule has 0 radical (unpaired) electrons. The quantitative estimate of drug-likeness (QED) is 0.841. The Kier molecular flexibility index (Phi) is 2.09. The Labute approximate surface area is 92.6 Å². The molecular formula is C12H14N2O2. The molecule has 0 atom stereocenters. The Hall–Kier alpha value is -1.58. The molecule has 4 nitrogen and oxygen atoms in total. The molecule has 0 bridgehead atoms. The number of aromatic nitrogens is 2. The van der Waals surface area contributed by atoms with Crippen LogP contribution in [0.2, 0.25) is 0 Å². The Morgan fingerprint density at radius 1 is 1.56 bits per heavy atom. The van der Waals surface area contributed by atoms with Crippen molar-refractivity contribution in [3.63, 3.8) is 0 Å². The summed E-state index contributed by atoms with van der Waals surface area (Å²) >= 11 is 0. The highest BCUT2D eigenvalue weighted by Gasteiger charge is 2.26. The van der Waals surface area contributed by atoms with Crippen LogP contribution in [0.5, 0.6) is 0 Å². The fourth-order valence-corrected chi connectivity index (χ4v) is 2.19. The number of pyridine rings is 1. The van der Waals surface area contributed by atoms with Gasteiger partial charge < -0.3 is 9.51 Å². The van der Waals surface area contributed by atoms with Crippen LogP contribution < -0.4 is 5.43 Å². The number of fused-ring (bicyclic) bond motifs is 1. The van der Waals surface area contributed by atoms with Crippen molar-refractivity contribution in [2.75, 3.05) is 0 Å². The first kappa shape index (κ1) is 9.63. The van der Waals surface area contributed by atoms with Crippen molar-refractivity contribution in [3.8, 4) is 0 Å². The van der Waals surface area contributed by atoms with Gasteiger partial charge in [-0.05, 0) is 19.3 Å². The molecule has 0 aliphatic heterocycles. The van der Waals surface area contributed by atoms with Crippen LogP contribution in [0, 0.1) is 0 Å². The minimum atomic E-state index is 0.0359. The molecule has 1 fully saturated rings. The predicted octanol–water partition coefficient (Wildman–Crippen LogP) is 2.35. The van der Waals surface area contributed by atoms with Gasteiger partial charge in [-0.3, -0.25) is 4.79 Å². The molecule has 0 amide bonds. The molecule has 2 heterocycles. The zero-order chi connectivity index (χ0) is 11.1. The molecule has 0 spiro atoms. The second-order valence-electron chi connectivity index (χ2n) is 4.41. The minimum Gasteiger partial charge on any atom is -0.337 e. The van der Waals surface area contributed by atoms with E-state index in [0.717, 1.165) is 30.7 Å². The monoisotopic (exact) mass is 218 g/mol. The van der Waals surface area contributed by atoms with Gasteiger partial charge in [0.05, 0.1) is 0 Å². The maximum absolute atomic E-state index is 12.0. The molecule has 0 aromatic carbocycles. The molecule has 0 unspecified atom stereocenters. The van der Waals surface area contributed by atoms with Crippen molar-refractivity contribution < 1.29 is 4.52 Å². The Bertz CT molecular complexity index is 578. The summed E-state index contributed by atoms with van der Waals surface area (Å²) in [5.41, 5.74) is 2.32. The summed E-state index contributed by atoms with van der Waals surface area (Å²) in [4.78, 5) is 15.1. The van der Waals surface area contributed by atoms with Crippen molar-refractivity contribution in [3.05, 3.63) is 27.7 Å². The third-order valence-corrected chi connectivity index (χ3v) is 3.42. The zero-order valence-electron chi connectivity index (χ0n) is 9.25. The number of hydrogen-bond acceptors (Lipinski definition) is 3. The highest BCUT2D eigenvalue weighted by Crippen LogP contribution is 2.37. The van der Waals surface area contributed by atoms with Crippen LogP contribution in [0.3, 0.4) is 0 Å². The summed E-state index contributed by atoms with van der Waals surface area (Å²) in [6.07, 6.45) is 4.27. The van der Waals surface area contributed by atoms with Crippen LogP contribution in [0.25, 0.3) is 11.1 Å². The molecule has 0 saturated heterocycles. The van der Waals surface area contributed by atoms with E-state index < -0.39 is 0 Å². The molecule has 1 aliphatic rings. The van der Waals surface area contributed by atoms with Crippen molar-refractivity contribution in [1.82, 2.24) is 10.1 Å². The van der Waals surface area contributed by atoms with E-state index in [2.05, 4.69) is 10.1 Å². The highest BCUT2D eigenvalue weighted by molar-refractivity contribution is 5.76. The first-order valence-electron chi connectivity index (χ1n) is 5.81. The second-order valence-corrected chi connectivity index (χ2v) is 4.41. The average molecular weight is 218 g/mol. The van der Waals surface area contributed by atoms with Crippen LogP contribution in [0.1, 0.15) is 43.5 Å². The number of nitrogens with zero attached hydrogens (tertiary/aromatic N) is 1. The number of hydrogen-bond donors (Lipinski definition) is 1. The lowest BCUT2D eigenvalue weighted by molar-refractivity contribution is 0.373. The van der Waals surface area contributed by atoms with Crippen molar-refractivity contribution in [2.45, 2.75) is 38.5 Å². The summed E-state index contributed by atoms with van der Waals surface area (Å²) in [6.45, 7) is 2.00. The van der Waals surface area contributed by atoms with E-state index in [1.54, 1.807) is 6.07 Å². The van der Waals surface area contributed by atoms with E-state index in [9.17, 15) is 4.79 Å². The zero-order valence-corrected chi connectivity index (χ0v) is 9.25. The van der Waals surface area contributed by atoms with E-state index in [4.69, 9.17) is 4.52 Å². The van der Waals surface area contributed by atoms with Gasteiger partial charge in [-0.2, -0.15) is 0 Å². The lowest BCUT2D eigenvalue weighted by Crippen LogP contribution is -2.13. The first-order chi connectivity index (χ1) is 7.79. The maximum Gasteiger partial charge on any atom is 0.240 e. The predicted molar refractivity (Wildman–Crippen MR) is 60.6 cm³/mol. The van der Waals surface area contributed by atoms with Gasteiger partial charge in [-0.1, -0.05) is 18.5 Å². The number of H-pyrrole nitrogens is 1. The summed E-state index contributed by atoms with van der Waals surface area (Å²) in [7, 11) is 0. The summed E-state index contributed by atoms with van der Waals surface area (Å²) in [6, 6.07) is 1.65. The van der Waals surface area contributed by atoms with Crippen molar-refractivity contribution in [1.29, 1.82) is 0 Å². The number of aromatic amines is 1. The van der Waals surface area contributed by atoms with E-state index in [-0.39, 0.29) is 5.43 Å². The van der Waals surface area contributed by atoms with Gasteiger partial charge in [0, 0.05) is 17.7 Å². The van der Waals surface area contributed by atoms with E-state index >= 15 is 0 Å². The molecule has 1 aliphatic carbocycles. The Morgan fingerprint density at radius 3 is 3.00 bits per heavy atom. The maximum atomic E-state index is 12.0. The Morgan fingerprint density at radius 2 is 2.38 bits per heavy atom. The van der Waals surface area contributed by atoms with E-state index in [1.165, 1.54) is 6.42 Å². The van der Waals surface area contributed by atoms with Crippen LogP contribution >= 0.6 is 0 Å². The fraction of sp³-hybridized carbons (Fsp3) is 0.500. The topological polar surface area (TPSA) is 58.9 Å². The molecule has 1 N–H and O–H groups in total. The number of aryl methyl sites for hydroxylation is 1. The molecular weight excluding hydrogens is 204 g/mol. The highest BCUT2D eigenvalue weighted by atomic mass is 16.5. The van der Waals surface area contributed by atoms with E-state index in [1.807, 2.05) is 6.92 Å². The Balaban J connectivity index is 2.22. The standard InChI is InChI=1S/C12H14N2O2/c1-2-8-6-9(15)10-11(7-4-3-5-7)14-16-12(10)13-8/h6-7H,2-5H2,1H3,(H,13,15). The molecule has 2 aromatic rings. The minimum absolute atomic E-state index is 0.0359. The third kappa shape index (κ3) is 1.29. The second kappa shape index (κ2) is 3.47. The molecule has 2 aromatic heterocycles. The SMILES string of the molecule is CCc1cc(=O)c2c(C3CCC3)noc2[nH]1. The fourth-order valence-electron chi connectivity index (χ4n) is 2.19. The van der Waals surface area contributed by atoms with Crippen LogP contribution in [0.15, 0.2) is 15.4 Å². The van der Waals surface area contributed by atoms with Crippen LogP contribution in [-0.4, -0.2) is 10.1 Å².